The van der Waals surface area contributed by atoms with Crippen molar-refractivity contribution < 1.29 is 4.74 Å². The Morgan fingerprint density at radius 1 is 1.11 bits per heavy atom. The quantitative estimate of drug-likeness (QED) is 0.636. The monoisotopic (exact) mass is 331 g/mol. The SMILES string of the molecule is CCN(CC)CCSCCOc1ccc(Br)cc1. The van der Waals surface area contributed by atoms with Crippen LogP contribution in [0.15, 0.2) is 28.7 Å². The smallest absolute Gasteiger partial charge is 0.119 e. The molecular weight excluding hydrogens is 310 g/mol. The maximum Gasteiger partial charge on any atom is 0.119 e. The maximum atomic E-state index is 5.67. The molecule has 1 rings (SSSR count). The van der Waals surface area contributed by atoms with Crippen LogP contribution in [0.25, 0.3) is 0 Å². The first-order valence-electron chi connectivity index (χ1n) is 6.44. The summed E-state index contributed by atoms with van der Waals surface area (Å²) in [5, 5.41) is 0. The number of nitrogens with zero attached hydrogens (tertiary/aromatic N) is 1. The lowest BCUT2D eigenvalue weighted by Crippen LogP contribution is -2.25. The molecule has 1 aromatic carbocycles. The van der Waals surface area contributed by atoms with Gasteiger partial charge in [0.25, 0.3) is 0 Å². The molecule has 0 atom stereocenters. The molecule has 0 heterocycles. The molecule has 1 aromatic rings. The molecule has 0 saturated carbocycles. The highest BCUT2D eigenvalue weighted by atomic mass is 79.9. The van der Waals surface area contributed by atoms with E-state index in [0.717, 1.165) is 35.7 Å². The molecule has 0 aromatic heterocycles. The fraction of sp³-hybridized carbons (Fsp3) is 0.571. The Morgan fingerprint density at radius 3 is 2.39 bits per heavy atom. The lowest BCUT2D eigenvalue weighted by Gasteiger charge is -2.17. The molecule has 0 N–H and O–H groups in total. The van der Waals surface area contributed by atoms with Crippen LogP contribution < -0.4 is 4.74 Å². The van der Waals surface area contributed by atoms with E-state index in [1.165, 1.54) is 12.3 Å². The zero-order valence-electron chi connectivity index (χ0n) is 11.2. The number of rotatable bonds is 9. The predicted molar refractivity (Wildman–Crippen MR) is 84.8 cm³/mol. The van der Waals surface area contributed by atoms with Gasteiger partial charge in [-0.3, -0.25) is 0 Å². The van der Waals surface area contributed by atoms with Crippen LogP contribution in [0.1, 0.15) is 13.8 Å². The summed E-state index contributed by atoms with van der Waals surface area (Å²) in [7, 11) is 0. The zero-order valence-corrected chi connectivity index (χ0v) is 13.6. The average Bonchev–Trinajstić information content (AvgIpc) is 2.40. The van der Waals surface area contributed by atoms with Crippen LogP contribution in [0.2, 0.25) is 0 Å². The molecule has 2 nitrogen and oxygen atoms in total. The van der Waals surface area contributed by atoms with Gasteiger partial charge in [-0.15, -0.1) is 0 Å². The van der Waals surface area contributed by atoms with Gasteiger partial charge in [-0.05, 0) is 37.4 Å². The molecule has 0 unspecified atom stereocenters. The van der Waals surface area contributed by atoms with Crippen LogP contribution in [0.4, 0.5) is 0 Å². The summed E-state index contributed by atoms with van der Waals surface area (Å²) in [5.74, 6) is 3.19. The molecule has 0 spiro atoms. The van der Waals surface area contributed by atoms with Crippen molar-refractivity contribution in [3.8, 4) is 5.75 Å². The third-order valence-electron chi connectivity index (χ3n) is 2.76. The molecule has 0 amide bonds. The highest BCUT2D eigenvalue weighted by Gasteiger charge is 1.98. The first kappa shape index (κ1) is 15.9. The Labute approximate surface area is 123 Å². The van der Waals surface area contributed by atoms with Crippen LogP contribution in [-0.2, 0) is 0 Å². The summed E-state index contributed by atoms with van der Waals surface area (Å²) in [5.41, 5.74) is 0. The molecule has 0 radical (unpaired) electrons. The Kier molecular flexibility index (Phi) is 8.55. The summed E-state index contributed by atoms with van der Waals surface area (Å²) >= 11 is 5.37. The van der Waals surface area contributed by atoms with Gasteiger partial charge in [-0.1, -0.05) is 29.8 Å². The topological polar surface area (TPSA) is 12.5 Å². The fourth-order valence-electron chi connectivity index (χ4n) is 1.58. The normalized spacial score (nSPS) is 10.9. The number of ether oxygens (including phenoxy) is 1. The predicted octanol–water partition coefficient (Wildman–Crippen LogP) is 3.90. The highest BCUT2D eigenvalue weighted by molar-refractivity contribution is 9.10. The summed E-state index contributed by atoms with van der Waals surface area (Å²) in [6, 6.07) is 7.99. The number of thioether (sulfide) groups is 1. The van der Waals surface area contributed by atoms with Gasteiger partial charge in [-0.2, -0.15) is 11.8 Å². The van der Waals surface area contributed by atoms with E-state index in [9.17, 15) is 0 Å². The third-order valence-corrected chi connectivity index (χ3v) is 4.21. The summed E-state index contributed by atoms with van der Waals surface area (Å²) in [6.45, 7) is 8.68. The van der Waals surface area contributed by atoms with Crippen LogP contribution in [0.5, 0.6) is 5.75 Å². The summed E-state index contributed by atoms with van der Waals surface area (Å²) in [4.78, 5) is 2.45. The number of hydrogen-bond donors (Lipinski definition) is 0. The Morgan fingerprint density at radius 2 is 1.78 bits per heavy atom. The van der Waals surface area contributed by atoms with E-state index in [-0.39, 0.29) is 0 Å². The van der Waals surface area contributed by atoms with Gasteiger partial charge >= 0.3 is 0 Å². The summed E-state index contributed by atoms with van der Waals surface area (Å²) < 4.78 is 6.75. The van der Waals surface area contributed by atoms with E-state index in [0.29, 0.717) is 0 Å². The second-order valence-corrected chi connectivity index (χ2v) is 6.08. The van der Waals surface area contributed by atoms with Crippen molar-refractivity contribution in [2.24, 2.45) is 0 Å². The van der Waals surface area contributed by atoms with Crippen LogP contribution in [0, 0.1) is 0 Å². The van der Waals surface area contributed by atoms with Crippen LogP contribution in [0.3, 0.4) is 0 Å². The number of hydrogen-bond acceptors (Lipinski definition) is 3. The lowest BCUT2D eigenvalue weighted by atomic mass is 10.3. The van der Waals surface area contributed by atoms with E-state index in [2.05, 4.69) is 34.7 Å². The van der Waals surface area contributed by atoms with Crippen molar-refractivity contribution >= 4 is 27.7 Å². The van der Waals surface area contributed by atoms with Gasteiger partial charge < -0.3 is 9.64 Å². The second-order valence-electron chi connectivity index (χ2n) is 3.94. The van der Waals surface area contributed by atoms with Crippen LogP contribution >= 0.6 is 27.7 Å². The third kappa shape index (κ3) is 6.66. The Balaban J connectivity index is 2.03. The standard InChI is InChI=1S/C14H22BrNOS/c1-3-16(4-2)9-11-18-12-10-17-14-7-5-13(15)6-8-14/h5-8H,3-4,9-12H2,1-2H3. The Bertz CT molecular complexity index is 314. The molecule has 0 bridgehead atoms. The van der Waals surface area contributed by atoms with Gasteiger partial charge in [0.15, 0.2) is 0 Å². The van der Waals surface area contributed by atoms with E-state index in [4.69, 9.17) is 4.74 Å². The van der Waals surface area contributed by atoms with Gasteiger partial charge in [0.2, 0.25) is 0 Å². The number of benzene rings is 1. The van der Waals surface area contributed by atoms with Gasteiger partial charge in [0.1, 0.15) is 5.75 Å². The fourth-order valence-corrected chi connectivity index (χ4v) is 2.64. The molecule has 0 aliphatic rings. The van der Waals surface area contributed by atoms with Gasteiger partial charge in [-0.25, -0.2) is 0 Å². The summed E-state index contributed by atoms with van der Waals surface area (Å²) in [6.07, 6.45) is 0. The minimum atomic E-state index is 0.782. The first-order valence-corrected chi connectivity index (χ1v) is 8.39. The van der Waals surface area contributed by atoms with Gasteiger partial charge in [0.05, 0.1) is 6.61 Å². The molecule has 4 heteroatoms. The molecule has 0 aliphatic heterocycles. The van der Waals surface area contributed by atoms with Crippen molar-refractivity contribution in [3.63, 3.8) is 0 Å². The molecule has 0 aliphatic carbocycles. The average molecular weight is 332 g/mol. The highest BCUT2D eigenvalue weighted by Crippen LogP contribution is 2.16. The van der Waals surface area contributed by atoms with Crippen molar-refractivity contribution in [2.75, 3.05) is 37.7 Å². The minimum absolute atomic E-state index is 0.782. The molecule has 102 valence electrons. The second kappa shape index (κ2) is 9.70. The largest absolute Gasteiger partial charge is 0.493 e. The maximum absolute atomic E-state index is 5.67. The molecule has 0 saturated heterocycles. The van der Waals surface area contributed by atoms with E-state index >= 15 is 0 Å². The van der Waals surface area contributed by atoms with Crippen molar-refractivity contribution in [3.05, 3.63) is 28.7 Å². The molecule has 0 fully saturated rings. The van der Waals surface area contributed by atoms with E-state index < -0.39 is 0 Å². The minimum Gasteiger partial charge on any atom is -0.493 e. The molecular formula is C14H22BrNOS. The van der Waals surface area contributed by atoms with Crippen molar-refractivity contribution in [2.45, 2.75) is 13.8 Å². The first-order chi connectivity index (χ1) is 8.76. The Hall–Kier alpha value is -0.190. The lowest BCUT2D eigenvalue weighted by molar-refractivity contribution is 0.323. The number of halogens is 1. The van der Waals surface area contributed by atoms with Crippen LogP contribution in [-0.4, -0.2) is 42.6 Å². The zero-order chi connectivity index (χ0) is 13.2. The van der Waals surface area contributed by atoms with Gasteiger partial charge in [0, 0.05) is 22.5 Å². The molecule has 18 heavy (non-hydrogen) atoms. The van der Waals surface area contributed by atoms with Crippen molar-refractivity contribution in [1.29, 1.82) is 0 Å². The van der Waals surface area contributed by atoms with Crippen molar-refractivity contribution in [1.82, 2.24) is 4.90 Å². The van der Waals surface area contributed by atoms with E-state index in [1.807, 2.05) is 36.0 Å². The van der Waals surface area contributed by atoms with E-state index in [1.54, 1.807) is 0 Å².